The van der Waals surface area contributed by atoms with Crippen LogP contribution in [0.4, 0.5) is 0 Å². The summed E-state index contributed by atoms with van der Waals surface area (Å²) in [7, 11) is 0. The van der Waals surface area contributed by atoms with Crippen LogP contribution in [0.3, 0.4) is 0 Å². The summed E-state index contributed by atoms with van der Waals surface area (Å²) in [6.45, 7) is 0.452. The Bertz CT molecular complexity index is 1280. The van der Waals surface area contributed by atoms with Gasteiger partial charge >= 0.3 is 0 Å². The van der Waals surface area contributed by atoms with Crippen LogP contribution >= 0.6 is 34.8 Å². The Labute approximate surface area is 183 Å². The first-order valence-electron chi connectivity index (χ1n) is 8.82. The maximum Gasteiger partial charge on any atom is 0.152 e. The summed E-state index contributed by atoms with van der Waals surface area (Å²) >= 11 is 18.7. The molecule has 0 amide bonds. The predicted molar refractivity (Wildman–Crippen MR) is 120 cm³/mol. The van der Waals surface area contributed by atoms with Crippen LogP contribution in [0.25, 0.3) is 22.7 Å². The molecule has 3 nitrogen and oxygen atoms in total. The second-order valence-corrected chi connectivity index (χ2v) is 7.69. The van der Waals surface area contributed by atoms with E-state index in [-0.39, 0.29) is 0 Å². The van der Waals surface area contributed by atoms with Crippen LogP contribution in [0, 0.1) is 11.3 Å². The van der Waals surface area contributed by atoms with Crippen LogP contribution in [0.5, 0.6) is 0 Å². The SMILES string of the molecule is N#C/C(=C\c1ccccc1Cl)c1nc2ccccc2n1Cc1ccc(Cl)cc1Cl. The molecule has 0 fully saturated rings. The number of nitrogens with zero attached hydrogens (tertiary/aromatic N) is 3. The molecule has 0 aliphatic rings. The third-order valence-electron chi connectivity index (χ3n) is 4.56. The van der Waals surface area contributed by atoms with Crippen LogP contribution in [0.15, 0.2) is 66.7 Å². The number of hydrogen-bond donors (Lipinski definition) is 0. The Morgan fingerprint density at radius 1 is 0.966 bits per heavy atom. The van der Waals surface area contributed by atoms with Gasteiger partial charge in [-0.25, -0.2) is 4.98 Å². The highest BCUT2D eigenvalue weighted by molar-refractivity contribution is 6.35. The molecule has 6 heteroatoms. The molecule has 0 radical (unpaired) electrons. The molecule has 0 unspecified atom stereocenters. The number of halogens is 3. The summed E-state index contributed by atoms with van der Waals surface area (Å²) in [6, 6.07) is 22.8. The summed E-state index contributed by atoms with van der Waals surface area (Å²) < 4.78 is 1.98. The lowest BCUT2D eigenvalue weighted by molar-refractivity contribution is 0.811. The Hall–Kier alpha value is -2.77. The lowest BCUT2D eigenvalue weighted by Crippen LogP contribution is -2.05. The lowest BCUT2D eigenvalue weighted by atomic mass is 10.1. The van der Waals surface area contributed by atoms with Crippen molar-refractivity contribution < 1.29 is 0 Å². The van der Waals surface area contributed by atoms with Crippen molar-refractivity contribution in [2.75, 3.05) is 0 Å². The van der Waals surface area contributed by atoms with Crippen molar-refractivity contribution in [2.45, 2.75) is 6.54 Å². The first-order chi connectivity index (χ1) is 14.1. The highest BCUT2D eigenvalue weighted by Gasteiger charge is 2.16. The van der Waals surface area contributed by atoms with Gasteiger partial charge in [-0.15, -0.1) is 0 Å². The minimum Gasteiger partial charge on any atom is -0.319 e. The smallest absolute Gasteiger partial charge is 0.152 e. The summed E-state index contributed by atoms with van der Waals surface area (Å²) in [5, 5.41) is 11.6. The average molecular weight is 439 g/mol. The average Bonchev–Trinajstić information content (AvgIpc) is 3.08. The molecule has 3 aromatic carbocycles. The van der Waals surface area contributed by atoms with Gasteiger partial charge < -0.3 is 4.57 Å². The van der Waals surface area contributed by atoms with Crippen molar-refractivity contribution >= 4 is 57.5 Å². The Kier molecular flexibility index (Phi) is 5.60. The highest BCUT2D eigenvalue weighted by Crippen LogP contribution is 2.28. The van der Waals surface area contributed by atoms with Gasteiger partial charge in [-0.05, 0) is 47.5 Å². The van der Waals surface area contributed by atoms with Crippen molar-refractivity contribution in [3.8, 4) is 6.07 Å². The van der Waals surface area contributed by atoms with Gasteiger partial charge in [0.1, 0.15) is 6.07 Å². The van der Waals surface area contributed by atoms with Gasteiger partial charge in [0.2, 0.25) is 0 Å². The maximum atomic E-state index is 9.88. The molecule has 29 heavy (non-hydrogen) atoms. The predicted octanol–water partition coefficient (Wildman–Crippen LogP) is 7.11. The molecule has 0 bridgehead atoms. The zero-order valence-corrected chi connectivity index (χ0v) is 17.4. The molecule has 4 rings (SSSR count). The van der Waals surface area contributed by atoms with E-state index in [0.717, 1.165) is 22.2 Å². The van der Waals surface area contributed by atoms with E-state index in [1.807, 2.05) is 53.1 Å². The van der Waals surface area contributed by atoms with E-state index in [9.17, 15) is 5.26 Å². The molecule has 0 N–H and O–H groups in total. The van der Waals surface area contributed by atoms with E-state index in [4.69, 9.17) is 39.8 Å². The second kappa shape index (κ2) is 8.31. The normalized spacial score (nSPS) is 11.6. The van der Waals surface area contributed by atoms with Crippen molar-refractivity contribution in [2.24, 2.45) is 0 Å². The maximum absolute atomic E-state index is 9.88. The molecule has 0 spiro atoms. The van der Waals surface area contributed by atoms with Gasteiger partial charge in [0, 0.05) is 15.1 Å². The first-order valence-corrected chi connectivity index (χ1v) is 9.96. The van der Waals surface area contributed by atoms with Gasteiger partial charge in [-0.3, -0.25) is 0 Å². The number of allylic oxidation sites excluding steroid dienone is 1. The molecule has 142 valence electrons. The zero-order chi connectivity index (χ0) is 20.4. The molecular formula is C23H14Cl3N3. The molecule has 1 aromatic heterocycles. The number of nitriles is 1. The molecule has 0 aliphatic carbocycles. The van der Waals surface area contributed by atoms with E-state index in [0.29, 0.717) is 33.0 Å². The molecule has 0 saturated carbocycles. The Morgan fingerprint density at radius 2 is 1.72 bits per heavy atom. The monoisotopic (exact) mass is 437 g/mol. The zero-order valence-electron chi connectivity index (χ0n) is 15.1. The van der Waals surface area contributed by atoms with E-state index in [1.54, 1.807) is 24.3 Å². The fraction of sp³-hybridized carbons (Fsp3) is 0.0435. The van der Waals surface area contributed by atoms with Crippen LogP contribution in [-0.2, 0) is 6.54 Å². The van der Waals surface area contributed by atoms with Crippen LogP contribution < -0.4 is 0 Å². The van der Waals surface area contributed by atoms with Gasteiger partial charge in [-0.1, -0.05) is 71.2 Å². The van der Waals surface area contributed by atoms with Crippen molar-refractivity contribution in [3.05, 3.63) is 98.7 Å². The summed E-state index contributed by atoms with van der Waals surface area (Å²) in [4.78, 5) is 4.71. The number of hydrogen-bond acceptors (Lipinski definition) is 2. The van der Waals surface area contributed by atoms with Crippen molar-refractivity contribution in [1.29, 1.82) is 5.26 Å². The van der Waals surface area contributed by atoms with Crippen molar-refractivity contribution in [1.82, 2.24) is 9.55 Å². The largest absolute Gasteiger partial charge is 0.319 e. The minimum atomic E-state index is 0.416. The van der Waals surface area contributed by atoms with E-state index >= 15 is 0 Å². The molecule has 4 aromatic rings. The number of aromatic nitrogens is 2. The Morgan fingerprint density at radius 3 is 2.48 bits per heavy atom. The Balaban J connectivity index is 1.89. The lowest BCUT2D eigenvalue weighted by Gasteiger charge is -2.11. The molecule has 0 atom stereocenters. The third-order valence-corrected chi connectivity index (χ3v) is 5.50. The molecule has 1 heterocycles. The highest BCUT2D eigenvalue weighted by atomic mass is 35.5. The number of fused-ring (bicyclic) bond motifs is 1. The van der Waals surface area contributed by atoms with E-state index in [1.165, 1.54) is 0 Å². The summed E-state index contributed by atoms with van der Waals surface area (Å²) in [6.07, 6.45) is 1.75. The van der Waals surface area contributed by atoms with Gasteiger partial charge in [0.05, 0.1) is 23.2 Å². The second-order valence-electron chi connectivity index (χ2n) is 6.44. The summed E-state index contributed by atoms with van der Waals surface area (Å²) in [5.74, 6) is 0.555. The minimum absolute atomic E-state index is 0.416. The van der Waals surface area contributed by atoms with Gasteiger partial charge in [0.25, 0.3) is 0 Å². The van der Waals surface area contributed by atoms with Gasteiger partial charge in [-0.2, -0.15) is 5.26 Å². The number of imidazole rings is 1. The number of para-hydroxylation sites is 2. The van der Waals surface area contributed by atoms with Crippen molar-refractivity contribution in [3.63, 3.8) is 0 Å². The topological polar surface area (TPSA) is 41.6 Å². The number of rotatable bonds is 4. The standard InChI is InChI=1S/C23H14Cl3N3/c24-18-10-9-16(20(26)12-18)14-29-22-8-4-3-7-21(22)28-23(29)17(13-27)11-15-5-1-2-6-19(15)25/h1-12H,14H2/b17-11+. The molecular weight excluding hydrogens is 425 g/mol. The van der Waals surface area contributed by atoms with Crippen LogP contribution in [0.1, 0.15) is 17.0 Å². The fourth-order valence-corrected chi connectivity index (χ4v) is 3.81. The van der Waals surface area contributed by atoms with E-state index < -0.39 is 0 Å². The number of benzene rings is 3. The van der Waals surface area contributed by atoms with E-state index in [2.05, 4.69) is 6.07 Å². The quantitative estimate of drug-likeness (QED) is 0.319. The van der Waals surface area contributed by atoms with Crippen LogP contribution in [-0.4, -0.2) is 9.55 Å². The first kappa shape index (κ1) is 19.5. The van der Waals surface area contributed by atoms with Gasteiger partial charge in [0.15, 0.2) is 5.82 Å². The molecule has 0 saturated heterocycles. The third kappa shape index (κ3) is 4.02. The fourth-order valence-electron chi connectivity index (χ4n) is 3.16. The molecule has 0 aliphatic heterocycles. The van der Waals surface area contributed by atoms with Crippen LogP contribution in [0.2, 0.25) is 15.1 Å². The summed E-state index contributed by atoms with van der Waals surface area (Å²) in [5.41, 5.74) is 3.77.